The van der Waals surface area contributed by atoms with Crippen LogP contribution in [0.15, 0.2) is 9.96 Å². The van der Waals surface area contributed by atoms with E-state index in [0.29, 0.717) is 13.2 Å². The maximum absolute atomic E-state index is 10.7. The van der Waals surface area contributed by atoms with Crippen molar-refractivity contribution in [2.45, 2.75) is 13.8 Å². The first-order valence-corrected chi connectivity index (χ1v) is 6.59. The van der Waals surface area contributed by atoms with Gasteiger partial charge in [-0.1, -0.05) is 0 Å². The van der Waals surface area contributed by atoms with Gasteiger partial charge in [0.05, 0.1) is 20.3 Å². The van der Waals surface area contributed by atoms with E-state index in [9.17, 15) is 4.79 Å². The predicted molar refractivity (Wildman–Crippen MR) is 59.0 cm³/mol. The largest absolute Gasteiger partial charge is 0.465 e. The zero-order valence-corrected chi connectivity index (χ0v) is 10.4. The van der Waals surface area contributed by atoms with Crippen molar-refractivity contribution in [1.82, 2.24) is 0 Å². The Morgan fingerprint density at radius 1 is 1.33 bits per heavy atom. The molecule has 0 atom stereocenters. The lowest BCUT2D eigenvalue weighted by Gasteiger charge is -2.16. The molecule has 0 heterocycles. The first-order valence-electron chi connectivity index (χ1n) is 4.57. The smallest absolute Gasteiger partial charge is 0.351 e. The van der Waals surface area contributed by atoms with Gasteiger partial charge in [0.25, 0.3) is 0 Å². The van der Waals surface area contributed by atoms with Gasteiger partial charge in [0.2, 0.25) is 7.51 Å². The fourth-order valence-corrected chi connectivity index (χ4v) is 2.16. The minimum atomic E-state index is -2.32. The molecule has 0 saturated carbocycles. The van der Waals surface area contributed by atoms with Crippen molar-refractivity contribution in [3.63, 3.8) is 0 Å². The number of hydrogen-bond acceptors (Lipinski definition) is 5. The summed E-state index contributed by atoms with van der Waals surface area (Å²) < 4.78 is 15.1. The van der Waals surface area contributed by atoms with Crippen molar-refractivity contribution in [2.24, 2.45) is 9.96 Å². The fraction of sp³-hybridized carbons (Fsp3) is 0.750. The lowest BCUT2D eigenvalue weighted by atomic mass is 10.8. The van der Waals surface area contributed by atoms with Crippen LogP contribution in [0.3, 0.4) is 0 Å². The number of carbonyl (C=O) groups is 1. The highest BCUT2D eigenvalue weighted by atomic mass is 31.2. The standard InChI is InChI=1S/C8H17N2O4P/c1-5-13-15(4,14-6-2)10-9-7-8(11)12-3/h7H,5-6H2,1-4H3/b9-7+. The summed E-state index contributed by atoms with van der Waals surface area (Å²) in [7, 11) is -1.05. The van der Waals surface area contributed by atoms with Gasteiger partial charge in [0, 0.05) is 6.66 Å². The van der Waals surface area contributed by atoms with Gasteiger partial charge < -0.3 is 13.8 Å². The fourth-order valence-electron chi connectivity index (χ4n) is 0.787. The molecule has 0 bridgehead atoms. The van der Waals surface area contributed by atoms with E-state index >= 15 is 0 Å². The minimum absolute atomic E-state index is 0.488. The van der Waals surface area contributed by atoms with E-state index in [1.807, 2.05) is 13.8 Å². The Hall–Kier alpha value is -0.710. The van der Waals surface area contributed by atoms with E-state index in [4.69, 9.17) is 9.05 Å². The third-order valence-electron chi connectivity index (χ3n) is 1.32. The highest BCUT2D eigenvalue weighted by Crippen LogP contribution is 2.47. The number of methoxy groups -OCH3 is 1. The number of esters is 1. The quantitative estimate of drug-likeness (QED) is 0.305. The Balaban J connectivity index is 4.54. The molecular weight excluding hydrogens is 219 g/mol. The van der Waals surface area contributed by atoms with Crippen LogP contribution in [0, 0.1) is 0 Å². The van der Waals surface area contributed by atoms with Gasteiger partial charge in [0.1, 0.15) is 6.21 Å². The molecule has 15 heavy (non-hydrogen) atoms. The van der Waals surface area contributed by atoms with E-state index < -0.39 is 13.5 Å². The topological polar surface area (TPSA) is 69.5 Å². The Bertz CT molecular complexity index is 268. The van der Waals surface area contributed by atoms with E-state index in [1.165, 1.54) is 7.11 Å². The third kappa shape index (κ3) is 6.38. The van der Waals surface area contributed by atoms with Crippen molar-refractivity contribution >= 4 is 19.7 Å². The van der Waals surface area contributed by atoms with Gasteiger partial charge in [-0.05, 0) is 13.8 Å². The van der Waals surface area contributed by atoms with Crippen LogP contribution in [0.1, 0.15) is 13.8 Å². The lowest BCUT2D eigenvalue weighted by molar-refractivity contribution is -0.132. The number of hydrogen-bond donors (Lipinski definition) is 0. The molecule has 0 aromatic carbocycles. The van der Waals surface area contributed by atoms with Crippen LogP contribution in [-0.4, -0.2) is 39.2 Å². The molecule has 0 aliphatic heterocycles. The van der Waals surface area contributed by atoms with Gasteiger partial charge in [-0.15, -0.1) is 9.96 Å². The Labute approximate surface area is 89.8 Å². The molecule has 0 aliphatic rings. The van der Waals surface area contributed by atoms with E-state index in [-0.39, 0.29) is 0 Å². The second kappa shape index (κ2) is 7.56. The molecule has 0 spiro atoms. The summed E-state index contributed by atoms with van der Waals surface area (Å²) in [5.74, 6) is -0.557. The highest BCUT2D eigenvalue weighted by Gasteiger charge is 2.12. The predicted octanol–water partition coefficient (Wildman–Crippen LogP) is 1.88. The van der Waals surface area contributed by atoms with Crippen molar-refractivity contribution in [3.8, 4) is 0 Å². The van der Waals surface area contributed by atoms with Crippen molar-refractivity contribution < 1.29 is 18.6 Å². The summed E-state index contributed by atoms with van der Waals surface area (Å²) >= 11 is 0. The molecule has 0 unspecified atom stereocenters. The molecule has 0 amide bonds. The molecule has 88 valence electrons. The maximum Gasteiger partial charge on any atom is 0.351 e. The summed E-state index contributed by atoms with van der Waals surface area (Å²) in [6, 6.07) is 0. The van der Waals surface area contributed by atoms with E-state index in [2.05, 4.69) is 14.7 Å². The summed E-state index contributed by atoms with van der Waals surface area (Å²) in [5.41, 5.74) is 0. The Morgan fingerprint density at radius 2 is 1.87 bits per heavy atom. The molecule has 0 rings (SSSR count). The molecule has 0 saturated heterocycles. The average Bonchev–Trinajstić information content (AvgIpc) is 2.18. The molecular formula is C8H17N2O4P. The van der Waals surface area contributed by atoms with Gasteiger partial charge in [-0.2, -0.15) is 0 Å². The highest BCUT2D eigenvalue weighted by molar-refractivity contribution is 7.55. The molecule has 7 heteroatoms. The number of rotatable bonds is 6. The molecule has 0 aromatic rings. The van der Waals surface area contributed by atoms with Gasteiger partial charge in [-0.3, -0.25) is 0 Å². The first-order chi connectivity index (χ1) is 7.08. The van der Waals surface area contributed by atoms with Crippen LogP contribution in [0.2, 0.25) is 0 Å². The summed E-state index contributed by atoms with van der Waals surface area (Å²) in [6.07, 6.45) is 0.982. The Kier molecular flexibility index (Phi) is 7.21. The molecule has 0 radical (unpaired) electrons. The Morgan fingerprint density at radius 3 is 2.27 bits per heavy atom. The van der Waals surface area contributed by atoms with E-state index in [1.54, 1.807) is 6.66 Å². The van der Waals surface area contributed by atoms with Crippen LogP contribution in [0.5, 0.6) is 0 Å². The summed E-state index contributed by atoms with van der Waals surface area (Å²) in [5, 5.41) is 3.58. The second-order valence-corrected chi connectivity index (χ2v) is 4.80. The number of nitrogens with zero attached hydrogens (tertiary/aromatic N) is 2. The summed E-state index contributed by atoms with van der Waals surface area (Å²) in [6.45, 7) is 6.39. The average molecular weight is 236 g/mol. The maximum atomic E-state index is 10.7. The summed E-state index contributed by atoms with van der Waals surface area (Å²) in [4.78, 5) is 14.6. The van der Waals surface area contributed by atoms with Crippen LogP contribution in [-0.2, 0) is 18.6 Å². The van der Waals surface area contributed by atoms with Crippen LogP contribution in [0.25, 0.3) is 0 Å². The molecule has 6 nitrogen and oxygen atoms in total. The second-order valence-electron chi connectivity index (χ2n) is 2.50. The van der Waals surface area contributed by atoms with Crippen LogP contribution >= 0.6 is 7.51 Å². The normalized spacial score (nSPS) is 11.7. The minimum Gasteiger partial charge on any atom is -0.465 e. The lowest BCUT2D eigenvalue weighted by Crippen LogP contribution is -2.00. The van der Waals surface area contributed by atoms with Crippen LogP contribution in [0.4, 0.5) is 0 Å². The zero-order valence-electron chi connectivity index (χ0n) is 9.47. The van der Waals surface area contributed by atoms with Gasteiger partial charge >= 0.3 is 5.97 Å². The van der Waals surface area contributed by atoms with E-state index in [0.717, 1.165) is 6.21 Å². The molecule has 0 aliphatic carbocycles. The van der Waals surface area contributed by atoms with Gasteiger partial charge in [-0.25, -0.2) is 4.79 Å². The van der Waals surface area contributed by atoms with Crippen molar-refractivity contribution in [1.29, 1.82) is 0 Å². The number of carbonyl (C=O) groups excluding carboxylic acids is 1. The van der Waals surface area contributed by atoms with Crippen molar-refractivity contribution in [3.05, 3.63) is 0 Å². The molecule has 0 fully saturated rings. The van der Waals surface area contributed by atoms with Crippen molar-refractivity contribution in [2.75, 3.05) is 27.0 Å². The number of ether oxygens (including phenoxy) is 1. The zero-order chi connectivity index (χ0) is 11.7. The monoisotopic (exact) mass is 236 g/mol. The first kappa shape index (κ1) is 14.3. The molecule has 0 aromatic heterocycles. The SMILES string of the molecule is CCOP(C)(=N/N=C/C(=O)OC)OCC. The third-order valence-corrected chi connectivity index (χ3v) is 3.22. The van der Waals surface area contributed by atoms with Gasteiger partial charge in [0.15, 0.2) is 0 Å². The molecule has 0 N–H and O–H groups in total. The van der Waals surface area contributed by atoms with Crippen LogP contribution < -0.4 is 0 Å².